The molecule has 2 heterocycles. The summed E-state index contributed by atoms with van der Waals surface area (Å²) in [7, 11) is 0. The topological polar surface area (TPSA) is 32.8 Å². The van der Waals surface area contributed by atoms with Crippen molar-refractivity contribution in [1.82, 2.24) is 9.80 Å². The van der Waals surface area contributed by atoms with E-state index in [4.69, 9.17) is 4.74 Å². The van der Waals surface area contributed by atoms with Crippen molar-refractivity contribution < 1.29 is 9.53 Å². The Morgan fingerprint density at radius 3 is 2.52 bits per heavy atom. The van der Waals surface area contributed by atoms with E-state index in [1.54, 1.807) is 0 Å². The number of nitrogens with zero attached hydrogens (tertiary/aromatic N) is 2. The monoisotopic (exact) mass is 336 g/mol. The van der Waals surface area contributed by atoms with Crippen molar-refractivity contribution in [3.05, 3.63) is 65.2 Å². The van der Waals surface area contributed by atoms with Crippen LogP contribution in [0.2, 0.25) is 0 Å². The van der Waals surface area contributed by atoms with Crippen molar-refractivity contribution in [2.75, 3.05) is 26.2 Å². The first-order valence-corrected chi connectivity index (χ1v) is 9.07. The molecule has 0 unspecified atom stereocenters. The predicted molar refractivity (Wildman–Crippen MR) is 97.9 cm³/mol. The number of ether oxygens (including phenoxy) is 1. The summed E-state index contributed by atoms with van der Waals surface area (Å²) in [5.74, 6) is 0.934. The molecule has 4 nitrogen and oxygen atoms in total. The summed E-state index contributed by atoms with van der Waals surface area (Å²) >= 11 is 0. The number of likely N-dealkylation sites (tertiary alicyclic amines) is 1. The van der Waals surface area contributed by atoms with E-state index in [0.717, 1.165) is 43.9 Å². The molecule has 0 N–H and O–H groups in total. The molecule has 0 aromatic heterocycles. The molecule has 2 aromatic carbocycles. The lowest BCUT2D eigenvalue weighted by atomic mass is 9.96. The number of benzene rings is 2. The summed E-state index contributed by atoms with van der Waals surface area (Å²) in [5, 5.41) is 0. The molecule has 4 rings (SSSR count). The van der Waals surface area contributed by atoms with Gasteiger partial charge in [-0.1, -0.05) is 24.3 Å². The highest BCUT2D eigenvalue weighted by Crippen LogP contribution is 2.25. The molecular weight excluding hydrogens is 312 g/mol. The number of rotatable bonds is 4. The van der Waals surface area contributed by atoms with Crippen LogP contribution in [0.25, 0.3) is 0 Å². The Morgan fingerprint density at radius 2 is 1.80 bits per heavy atom. The molecule has 2 aliphatic rings. The number of fused-ring (bicyclic) bond motifs is 1. The van der Waals surface area contributed by atoms with Crippen molar-refractivity contribution in [2.24, 2.45) is 0 Å². The Balaban J connectivity index is 1.33. The van der Waals surface area contributed by atoms with Crippen molar-refractivity contribution in [3.8, 4) is 5.75 Å². The summed E-state index contributed by atoms with van der Waals surface area (Å²) in [6, 6.07) is 16.6. The van der Waals surface area contributed by atoms with Crippen LogP contribution >= 0.6 is 0 Å². The van der Waals surface area contributed by atoms with E-state index in [1.807, 2.05) is 36.1 Å². The Hall–Kier alpha value is -2.33. The molecule has 2 aromatic rings. The molecular formula is C21H24N2O2. The van der Waals surface area contributed by atoms with Crippen LogP contribution in [0.3, 0.4) is 0 Å². The van der Waals surface area contributed by atoms with Gasteiger partial charge in [-0.25, -0.2) is 0 Å². The third-order valence-corrected chi connectivity index (χ3v) is 5.24. The Kier molecular flexibility index (Phi) is 4.45. The zero-order chi connectivity index (χ0) is 17.2. The SMILES string of the molecule is CCOc1ccc(C(=O)N2CC(N3CCc4ccccc4C3)C2)cc1. The standard InChI is InChI=1S/C21H24N2O2/c1-2-25-20-9-7-17(8-10-20)21(24)23-14-19(15-23)22-12-11-16-5-3-4-6-18(16)13-22/h3-10,19H,2,11-15H2,1H3. The fourth-order valence-corrected chi connectivity index (χ4v) is 3.72. The summed E-state index contributed by atoms with van der Waals surface area (Å²) in [6.45, 7) is 6.35. The van der Waals surface area contributed by atoms with Crippen LogP contribution in [0, 0.1) is 0 Å². The Bertz CT molecular complexity index is 751. The summed E-state index contributed by atoms with van der Waals surface area (Å²) < 4.78 is 5.43. The van der Waals surface area contributed by atoms with E-state index in [1.165, 1.54) is 11.1 Å². The second kappa shape index (κ2) is 6.89. The molecule has 0 spiro atoms. The van der Waals surface area contributed by atoms with Gasteiger partial charge in [0.2, 0.25) is 0 Å². The third kappa shape index (κ3) is 3.27. The molecule has 25 heavy (non-hydrogen) atoms. The van der Waals surface area contributed by atoms with Gasteiger partial charge >= 0.3 is 0 Å². The lowest BCUT2D eigenvalue weighted by Gasteiger charge is -2.47. The molecule has 0 bridgehead atoms. The van der Waals surface area contributed by atoms with E-state index < -0.39 is 0 Å². The van der Waals surface area contributed by atoms with Gasteiger partial charge in [-0.15, -0.1) is 0 Å². The fourth-order valence-electron chi connectivity index (χ4n) is 3.72. The molecule has 0 saturated carbocycles. The van der Waals surface area contributed by atoms with Crippen molar-refractivity contribution in [1.29, 1.82) is 0 Å². The zero-order valence-electron chi connectivity index (χ0n) is 14.6. The minimum Gasteiger partial charge on any atom is -0.494 e. The lowest BCUT2D eigenvalue weighted by Crippen LogP contribution is -2.61. The number of amides is 1. The quantitative estimate of drug-likeness (QED) is 0.860. The first-order valence-electron chi connectivity index (χ1n) is 9.07. The van der Waals surface area contributed by atoms with Crippen LogP contribution in [0.1, 0.15) is 28.4 Å². The highest BCUT2D eigenvalue weighted by Gasteiger charge is 2.36. The maximum absolute atomic E-state index is 12.6. The van der Waals surface area contributed by atoms with Gasteiger partial charge in [-0.05, 0) is 48.7 Å². The Morgan fingerprint density at radius 1 is 1.08 bits per heavy atom. The van der Waals surface area contributed by atoms with Crippen molar-refractivity contribution in [2.45, 2.75) is 25.9 Å². The van der Waals surface area contributed by atoms with Gasteiger partial charge in [0.25, 0.3) is 5.91 Å². The van der Waals surface area contributed by atoms with E-state index in [0.29, 0.717) is 12.6 Å². The van der Waals surface area contributed by atoms with Crippen LogP contribution in [-0.4, -0.2) is 48.0 Å². The molecule has 1 amide bonds. The van der Waals surface area contributed by atoms with Crippen molar-refractivity contribution in [3.63, 3.8) is 0 Å². The predicted octanol–water partition coefficient (Wildman–Crippen LogP) is 2.97. The molecule has 2 aliphatic heterocycles. The smallest absolute Gasteiger partial charge is 0.253 e. The average molecular weight is 336 g/mol. The average Bonchev–Trinajstić information content (AvgIpc) is 2.61. The molecule has 0 radical (unpaired) electrons. The normalized spacial score (nSPS) is 17.7. The van der Waals surface area contributed by atoms with Crippen LogP contribution in [-0.2, 0) is 13.0 Å². The van der Waals surface area contributed by atoms with Crippen molar-refractivity contribution >= 4 is 5.91 Å². The van der Waals surface area contributed by atoms with Crippen LogP contribution < -0.4 is 4.74 Å². The number of carbonyl (C=O) groups is 1. The van der Waals surface area contributed by atoms with E-state index in [2.05, 4.69) is 29.2 Å². The van der Waals surface area contributed by atoms with Crippen LogP contribution in [0.15, 0.2) is 48.5 Å². The zero-order valence-corrected chi connectivity index (χ0v) is 14.6. The molecule has 4 heteroatoms. The maximum Gasteiger partial charge on any atom is 0.253 e. The molecule has 0 atom stereocenters. The van der Waals surface area contributed by atoms with Gasteiger partial charge < -0.3 is 9.64 Å². The second-order valence-electron chi connectivity index (χ2n) is 6.81. The third-order valence-electron chi connectivity index (χ3n) is 5.24. The van der Waals surface area contributed by atoms with Crippen LogP contribution in [0.5, 0.6) is 5.75 Å². The van der Waals surface area contributed by atoms with Gasteiger partial charge in [-0.3, -0.25) is 9.69 Å². The van der Waals surface area contributed by atoms with E-state index in [-0.39, 0.29) is 5.91 Å². The summed E-state index contributed by atoms with van der Waals surface area (Å²) in [5.41, 5.74) is 3.65. The number of hydrogen-bond donors (Lipinski definition) is 0. The van der Waals surface area contributed by atoms with Gasteiger partial charge in [0, 0.05) is 37.8 Å². The van der Waals surface area contributed by atoms with Gasteiger partial charge in [0.15, 0.2) is 0 Å². The first-order chi connectivity index (χ1) is 12.2. The fraction of sp³-hybridized carbons (Fsp3) is 0.381. The lowest BCUT2D eigenvalue weighted by molar-refractivity contribution is 0.0218. The Labute approximate surface area is 149 Å². The minimum atomic E-state index is 0.122. The van der Waals surface area contributed by atoms with Gasteiger partial charge in [0.05, 0.1) is 6.61 Å². The first kappa shape index (κ1) is 16.2. The van der Waals surface area contributed by atoms with Crippen LogP contribution in [0.4, 0.5) is 0 Å². The highest BCUT2D eigenvalue weighted by atomic mass is 16.5. The van der Waals surface area contributed by atoms with E-state index in [9.17, 15) is 4.79 Å². The largest absolute Gasteiger partial charge is 0.494 e. The molecule has 130 valence electrons. The number of carbonyl (C=O) groups excluding carboxylic acids is 1. The summed E-state index contributed by atoms with van der Waals surface area (Å²) in [4.78, 5) is 17.1. The molecule has 1 fully saturated rings. The highest BCUT2D eigenvalue weighted by molar-refractivity contribution is 5.94. The van der Waals surface area contributed by atoms with Gasteiger partial charge in [-0.2, -0.15) is 0 Å². The second-order valence-corrected chi connectivity index (χ2v) is 6.81. The van der Waals surface area contributed by atoms with Gasteiger partial charge in [0.1, 0.15) is 5.75 Å². The number of hydrogen-bond acceptors (Lipinski definition) is 3. The van der Waals surface area contributed by atoms with E-state index >= 15 is 0 Å². The minimum absolute atomic E-state index is 0.122. The maximum atomic E-state index is 12.6. The summed E-state index contributed by atoms with van der Waals surface area (Å²) in [6.07, 6.45) is 1.11. The molecule has 0 aliphatic carbocycles. The molecule has 1 saturated heterocycles.